The lowest BCUT2D eigenvalue weighted by atomic mass is 9.99. The maximum atomic E-state index is 13.6. The van der Waals surface area contributed by atoms with Gasteiger partial charge in [0.05, 0.1) is 27.2 Å². The van der Waals surface area contributed by atoms with Gasteiger partial charge in [-0.2, -0.15) is 0 Å². The van der Waals surface area contributed by atoms with E-state index in [2.05, 4.69) is 0 Å². The summed E-state index contributed by atoms with van der Waals surface area (Å²) in [7, 11) is 0. The smallest absolute Gasteiger partial charge is 0.297 e. The minimum atomic E-state index is -0.682. The number of rotatable bonds is 2. The average molecular weight is 459 g/mol. The second-order valence-corrected chi connectivity index (χ2v) is 9.22. The topological polar surface area (TPSA) is 63.4 Å². The molecule has 5 aromatic rings. The van der Waals surface area contributed by atoms with Gasteiger partial charge < -0.3 is 4.42 Å². The molecule has 5 nitrogen and oxygen atoms in total. The zero-order chi connectivity index (χ0) is 22.0. The van der Waals surface area contributed by atoms with E-state index in [1.165, 1.54) is 11.3 Å². The van der Waals surface area contributed by atoms with E-state index in [0.29, 0.717) is 26.7 Å². The number of anilines is 1. The summed E-state index contributed by atoms with van der Waals surface area (Å²) < 4.78 is 6.95. The van der Waals surface area contributed by atoms with Crippen LogP contribution in [0.25, 0.3) is 21.2 Å². The first-order chi connectivity index (χ1) is 15.5. The van der Waals surface area contributed by atoms with Crippen molar-refractivity contribution in [2.45, 2.75) is 13.0 Å². The molecule has 0 saturated heterocycles. The standard InChI is InChI=1S/C25H15ClN2O3S/c1-13-9-10-17-19(11-13)32-25(27-17)28-21(14-5-4-6-15(26)12-14)20-22(29)16-7-2-3-8-18(16)31-23(20)24(28)30/h2-12,21H,1H3/t21-/m0/s1. The van der Waals surface area contributed by atoms with Gasteiger partial charge in [0.15, 0.2) is 10.6 Å². The van der Waals surface area contributed by atoms with Crippen molar-refractivity contribution in [2.24, 2.45) is 0 Å². The summed E-state index contributed by atoms with van der Waals surface area (Å²) in [5, 5.41) is 1.47. The van der Waals surface area contributed by atoms with Gasteiger partial charge in [-0.25, -0.2) is 4.98 Å². The zero-order valence-corrected chi connectivity index (χ0v) is 18.4. The predicted octanol–water partition coefficient (Wildman–Crippen LogP) is 6.11. The maximum Gasteiger partial charge on any atom is 0.297 e. The Kier molecular flexibility index (Phi) is 4.22. The number of aromatic nitrogens is 1. The van der Waals surface area contributed by atoms with Crippen LogP contribution in [0.3, 0.4) is 0 Å². The van der Waals surface area contributed by atoms with Gasteiger partial charge in [0.25, 0.3) is 5.91 Å². The van der Waals surface area contributed by atoms with Crippen molar-refractivity contribution >= 4 is 55.2 Å². The lowest BCUT2D eigenvalue weighted by Gasteiger charge is -2.22. The van der Waals surface area contributed by atoms with Gasteiger partial charge in [-0.15, -0.1) is 0 Å². The third-order valence-corrected chi connectivity index (χ3v) is 6.93. The highest BCUT2D eigenvalue weighted by molar-refractivity contribution is 7.22. The van der Waals surface area contributed by atoms with Gasteiger partial charge in [0, 0.05) is 5.02 Å². The van der Waals surface area contributed by atoms with E-state index in [-0.39, 0.29) is 17.1 Å². The molecule has 2 aromatic heterocycles. The van der Waals surface area contributed by atoms with Crippen molar-refractivity contribution in [3.05, 3.63) is 104 Å². The van der Waals surface area contributed by atoms with E-state index in [9.17, 15) is 9.59 Å². The summed E-state index contributed by atoms with van der Waals surface area (Å²) in [6, 6.07) is 19.4. The molecule has 0 aliphatic carbocycles. The Hall–Kier alpha value is -3.48. The maximum absolute atomic E-state index is 13.6. The van der Waals surface area contributed by atoms with Crippen LogP contribution in [-0.4, -0.2) is 10.9 Å². The lowest BCUT2D eigenvalue weighted by Crippen LogP contribution is -2.29. The molecule has 0 N–H and O–H groups in total. The van der Waals surface area contributed by atoms with Gasteiger partial charge >= 0.3 is 0 Å². The third-order valence-electron chi connectivity index (χ3n) is 5.68. The molecule has 1 atom stereocenters. The van der Waals surface area contributed by atoms with Gasteiger partial charge in [-0.1, -0.05) is 53.3 Å². The van der Waals surface area contributed by atoms with Crippen molar-refractivity contribution in [3.63, 3.8) is 0 Å². The molecule has 1 amide bonds. The highest BCUT2D eigenvalue weighted by Crippen LogP contribution is 2.44. The molecule has 6 rings (SSSR count). The number of benzene rings is 3. The van der Waals surface area contributed by atoms with Crippen LogP contribution in [0.4, 0.5) is 5.13 Å². The third kappa shape index (κ3) is 2.80. The van der Waals surface area contributed by atoms with E-state index in [0.717, 1.165) is 21.3 Å². The van der Waals surface area contributed by atoms with Crippen molar-refractivity contribution < 1.29 is 9.21 Å². The van der Waals surface area contributed by atoms with Crippen LogP contribution >= 0.6 is 22.9 Å². The van der Waals surface area contributed by atoms with E-state index in [1.807, 2.05) is 37.3 Å². The number of fused-ring (bicyclic) bond motifs is 3. The van der Waals surface area contributed by atoms with Gasteiger partial charge in [0.1, 0.15) is 5.58 Å². The molecule has 1 aliphatic heterocycles. The SMILES string of the molecule is Cc1ccc2nc(N3C(=O)c4oc5ccccc5c(=O)c4[C@@H]3c3cccc(Cl)c3)sc2c1. The van der Waals surface area contributed by atoms with Gasteiger partial charge in [0.2, 0.25) is 5.76 Å². The van der Waals surface area contributed by atoms with E-state index >= 15 is 0 Å². The number of nitrogens with zero attached hydrogens (tertiary/aromatic N) is 2. The number of aryl methyl sites for hydroxylation is 1. The number of thiazole rings is 1. The Morgan fingerprint density at radius 3 is 2.72 bits per heavy atom. The fraction of sp³-hybridized carbons (Fsp3) is 0.0800. The number of hydrogen-bond donors (Lipinski definition) is 0. The van der Waals surface area contributed by atoms with Crippen LogP contribution in [-0.2, 0) is 0 Å². The number of amides is 1. The number of para-hydroxylation sites is 1. The second kappa shape index (κ2) is 7.02. The highest BCUT2D eigenvalue weighted by atomic mass is 35.5. The molecule has 1 aliphatic rings. The van der Waals surface area contributed by atoms with Gasteiger partial charge in [-0.3, -0.25) is 14.5 Å². The van der Waals surface area contributed by atoms with E-state index < -0.39 is 6.04 Å². The molecule has 0 spiro atoms. The molecule has 0 bridgehead atoms. The van der Waals surface area contributed by atoms with Crippen LogP contribution in [0.2, 0.25) is 5.02 Å². The Morgan fingerprint density at radius 2 is 1.88 bits per heavy atom. The number of hydrogen-bond acceptors (Lipinski definition) is 5. The normalized spacial score (nSPS) is 15.6. The van der Waals surface area contributed by atoms with Crippen molar-refractivity contribution in [3.8, 4) is 0 Å². The summed E-state index contributed by atoms with van der Waals surface area (Å²) >= 11 is 7.69. The predicted molar refractivity (Wildman–Crippen MR) is 127 cm³/mol. The minimum absolute atomic E-state index is 0.0501. The molecule has 3 heterocycles. The quantitative estimate of drug-likeness (QED) is 0.320. The average Bonchev–Trinajstić information content (AvgIpc) is 3.32. The monoisotopic (exact) mass is 458 g/mol. The zero-order valence-electron chi connectivity index (χ0n) is 16.8. The summed E-state index contributed by atoms with van der Waals surface area (Å²) in [5.74, 6) is -0.335. The van der Waals surface area contributed by atoms with Crippen LogP contribution in [0, 0.1) is 6.92 Å². The Balaban J connectivity index is 1.65. The lowest BCUT2D eigenvalue weighted by molar-refractivity contribution is 0.0971. The highest BCUT2D eigenvalue weighted by Gasteiger charge is 2.45. The van der Waals surface area contributed by atoms with E-state index in [1.54, 1.807) is 41.3 Å². The Morgan fingerprint density at radius 1 is 1.03 bits per heavy atom. The molecule has 0 radical (unpaired) electrons. The number of carbonyl (C=O) groups excluding carboxylic acids is 1. The van der Waals surface area contributed by atoms with Crippen molar-refractivity contribution in [1.29, 1.82) is 0 Å². The fourth-order valence-electron chi connectivity index (χ4n) is 4.23. The van der Waals surface area contributed by atoms with Crippen LogP contribution in [0.1, 0.15) is 33.3 Å². The van der Waals surface area contributed by atoms with Crippen LogP contribution < -0.4 is 10.3 Å². The molecule has 156 valence electrons. The molecule has 0 unspecified atom stereocenters. The number of carbonyl (C=O) groups is 1. The first kappa shape index (κ1) is 19.2. The second-order valence-electron chi connectivity index (χ2n) is 7.77. The van der Waals surface area contributed by atoms with Gasteiger partial charge in [-0.05, 0) is 54.4 Å². The largest absolute Gasteiger partial charge is 0.450 e. The molecule has 0 fully saturated rings. The molecule has 7 heteroatoms. The summed E-state index contributed by atoms with van der Waals surface area (Å²) in [4.78, 5) is 33.4. The van der Waals surface area contributed by atoms with Crippen molar-refractivity contribution in [1.82, 2.24) is 4.98 Å². The molecule has 0 saturated carbocycles. The summed E-state index contributed by atoms with van der Waals surface area (Å²) in [6.45, 7) is 2.01. The molecule has 3 aromatic carbocycles. The van der Waals surface area contributed by atoms with E-state index in [4.69, 9.17) is 21.0 Å². The van der Waals surface area contributed by atoms with Crippen molar-refractivity contribution in [2.75, 3.05) is 4.90 Å². The Labute approximate surface area is 191 Å². The first-order valence-electron chi connectivity index (χ1n) is 10.0. The minimum Gasteiger partial charge on any atom is -0.450 e. The van der Waals surface area contributed by atoms with Crippen LogP contribution in [0.15, 0.2) is 75.9 Å². The van der Waals surface area contributed by atoms with Crippen LogP contribution in [0.5, 0.6) is 0 Å². The Bertz CT molecular complexity index is 1620. The molecule has 32 heavy (non-hydrogen) atoms. The molecular formula is C25H15ClN2O3S. The summed E-state index contributed by atoms with van der Waals surface area (Å²) in [6.07, 6.45) is 0. The first-order valence-corrected chi connectivity index (χ1v) is 11.2. The summed E-state index contributed by atoms with van der Waals surface area (Å²) in [5.41, 5.74) is 3.11. The molecular weight excluding hydrogens is 444 g/mol. The fourth-order valence-corrected chi connectivity index (χ4v) is 5.52. The number of halogens is 1.